The van der Waals surface area contributed by atoms with E-state index < -0.39 is 17.7 Å². The molecule has 1 aliphatic rings. The number of carbonyl (C=O) groups excluding carboxylic acids is 3. The molecule has 0 spiro atoms. The number of hydrogen-bond donors (Lipinski definition) is 1. The first kappa shape index (κ1) is 25.1. The number of hydrogen-bond acceptors (Lipinski definition) is 8. The molecule has 8 nitrogen and oxygen atoms in total. The van der Waals surface area contributed by atoms with Gasteiger partial charge in [-0.25, -0.2) is 4.98 Å². The van der Waals surface area contributed by atoms with E-state index in [1.807, 2.05) is 6.92 Å². The lowest BCUT2D eigenvalue weighted by Crippen LogP contribution is -2.29. The van der Waals surface area contributed by atoms with Gasteiger partial charge in [0.25, 0.3) is 5.78 Å². The van der Waals surface area contributed by atoms with Gasteiger partial charge in [0.15, 0.2) is 10.9 Å². The van der Waals surface area contributed by atoms with Crippen molar-refractivity contribution >= 4 is 39.7 Å². The molecule has 2 aromatic carbocycles. The minimum absolute atomic E-state index is 0.0652. The summed E-state index contributed by atoms with van der Waals surface area (Å²) in [5, 5.41) is 11.4. The Morgan fingerprint density at radius 3 is 2.28 bits per heavy atom. The molecule has 0 aliphatic carbocycles. The van der Waals surface area contributed by atoms with Gasteiger partial charge >= 0.3 is 5.91 Å². The van der Waals surface area contributed by atoms with E-state index in [2.05, 4.69) is 4.98 Å². The zero-order valence-electron chi connectivity index (χ0n) is 20.4. The zero-order chi connectivity index (χ0) is 26.0. The molecule has 186 valence electrons. The standard InChI is InChI=1S/C27H26N2O6S/c1-5-14-35-20-12-6-17(7-13-20)22-21(23(31)18-8-10-19(34-4)11-9-18)24(32)26(33)29(22)27-28-15(2)25(36-27)16(3)30/h6-13,22,31H,5,14H2,1-4H3/b23-21+. The number of rotatable bonds is 8. The van der Waals surface area contributed by atoms with Crippen molar-refractivity contribution in [3.63, 3.8) is 0 Å². The molecule has 36 heavy (non-hydrogen) atoms. The first-order chi connectivity index (χ1) is 17.3. The summed E-state index contributed by atoms with van der Waals surface area (Å²) in [6.45, 7) is 5.67. The van der Waals surface area contributed by atoms with Gasteiger partial charge in [-0.1, -0.05) is 30.4 Å². The zero-order valence-corrected chi connectivity index (χ0v) is 21.2. The average molecular weight is 507 g/mol. The number of aliphatic hydroxyl groups is 1. The van der Waals surface area contributed by atoms with E-state index in [0.29, 0.717) is 39.8 Å². The lowest BCUT2D eigenvalue weighted by molar-refractivity contribution is -0.132. The third-order valence-corrected chi connectivity index (χ3v) is 7.05. The summed E-state index contributed by atoms with van der Waals surface area (Å²) in [5.41, 5.74) is 1.36. The van der Waals surface area contributed by atoms with Crippen LogP contribution in [0.3, 0.4) is 0 Å². The van der Waals surface area contributed by atoms with Crippen LogP contribution < -0.4 is 14.4 Å². The maximum absolute atomic E-state index is 13.3. The van der Waals surface area contributed by atoms with Gasteiger partial charge in [-0.05, 0) is 55.3 Å². The van der Waals surface area contributed by atoms with Crippen LogP contribution in [0.1, 0.15) is 52.8 Å². The number of benzene rings is 2. The van der Waals surface area contributed by atoms with Crippen LogP contribution in [0, 0.1) is 6.92 Å². The Labute approximate surface area is 212 Å². The Morgan fingerprint density at radius 1 is 1.08 bits per heavy atom. The quantitative estimate of drug-likeness (QED) is 0.197. The third kappa shape index (κ3) is 4.61. The molecule has 1 fully saturated rings. The molecule has 1 aliphatic heterocycles. The van der Waals surface area contributed by atoms with Crippen molar-refractivity contribution in [3.8, 4) is 11.5 Å². The molecule has 3 aromatic rings. The van der Waals surface area contributed by atoms with Crippen LogP contribution >= 0.6 is 11.3 Å². The molecule has 0 saturated carbocycles. The molecular formula is C27H26N2O6S. The summed E-state index contributed by atoms with van der Waals surface area (Å²) < 4.78 is 10.8. The fourth-order valence-corrected chi connectivity index (χ4v) is 5.02. The lowest BCUT2D eigenvalue weighted by Gasteiger charge is -2.23. The highest BCUT2D eigenvalue weighted by Gasteiger charge is 2.48. The minimum atomic E-state index is -0.947. The van der Waals surface area contributed by atoms with E-state index in [1.54, 1.807) is 55.5 Å². The molecule has 2 heterocycles. The predicted octanol–water partition coefficient (Wildman–Crippen LogP) is 5.08. The Hall–Kier alpha value is -3.98. The lowest BCUT2D eigenvalue weighted by atomic mass is 9.95. The monoisotopic (exact) mass is 506 g/mol. The van der Waals surface area contributed by atoms with E-state index in [1.165, 1.54) is 18.9 Å². The number of anilines is 1. The van der Waals surface area contributed by atoms with Crippen molar-refractivity contribution < 1.29 is 29.0 Å². The van der Waals surface area contributed by atoms with E-state index in [4.69, 9.17) is 9.47 Å². The summed E-state index contributed by atoms with van der Waals surface area (Å²) in [6, 6.07) is 12.6. The van der Waals surface area contributed by atoms with Crippen LogP contribution in [0.4, 0.5) is 5.13 Å². The van der Waals surface area contributed by atoms with Crippen LogP contribution in [0.5, 0.6) is 11.5 Å². The molecule has 0 bridgehead atoms. The highest BCUT2D eigenvalue weighted by atomic mass is 32.1. The number of aromatic nitrogens is 1. The molecule has 1 aromatic heterocycles. The number of carbonyl (C=O) groups is 3. The molecule has 1 N–H and O–H groups in total. The van der Waals surface area contributed by atoms with Gasteiger partial charge in [-0.3, -0.25) is 19.3 Å². The van der Waals surface area contributed by atoms with E-state index in [-0.39, 0.29) is 22.2 Å². The van der Waals surface area contributed by atoms with E-state index in [9.17, 15) is 19.5 Å². The van der Waals surface area contributed by atoms with Crippen LogP contribution in [-0.2, 0) is 9.59 Å². The molecule has 9 heteroatoms. The number of nitrogens with zero attached hydrogens (tertiary/aromatic N) is 2. The van der Waals surface area contributed by atoms with Crippen LogP contribution in [0.15, 0.2) is 54.1 Å². The maximum Gasteiger partial charge on any atom is 0.301 e. The number of ether oxygens (including phenoxy) is 2. The van der Waals surface area contributed by atoms with Gasteiger partial charge in [0.05, 0.1) is 35.9 Å². The Kier molecular flexibility index (Phi) is 7.21. The molecule has 1 unspecified atom stereocenters. The number of ketones is 2. The van der Waals surface area contributed by atoms with Crippen LogP contribution in [0.2, 0.25) is 0 Å². The second-order valence-electron chi connectivity index (χ2n) is 8.28. The fourth-order valence-electron chi connectivity index (χ4n) is 4.03. The normalized spacial score (nSPS) is 16.9. The molecule has 1 saturated heterocycles. The molecule has 1 atom stereocenters. The smallest absolute Gasteiger partial charge is 0.301 e. The Morgan fingerprint density at radius 2 is 1.72 bits per heavy atom. The topological polar surface area (TPSA) is 106 Å². The Balaban J connectivity index is 1.87. The number of methoxy groups -OCH3 is 1. The summed E-state index contributed by atoms with van der Waals surface area (Å²) in [5.74, 6) is -0.921. The molecule has 1 amide bonds. The summed E-state index contributed by atoms with van der Waals surface area (Å²) in [6.07, 6.45) is 0.853. The number of amides is 1. The number of thiazole rings is 1. The van der Waals surface area contributed by atoms with Crippen LogP contribution in [0.25, 0.3) is 5.76 Å². The number of aryl methyl sites for hydroxylation is 1. The van der Waals surface area contributed by atoms with Gasteiger partial charge in [0, 0.05) is 12.5 Å². The largest absolute Gasteiger partial charge is 0.507 e. The van der Waals surface area contributed by atoms with Crippen molar-refractivity contribution in [3.05, 3.63) is 75.8 Å². The summed E-state index contributed by atoms with van der Waals surface area (Å²) in [4.78, 5) is 44.7. The van der Waals surface area contributed by atoms with Crippen molar-refractivity contribution in [1.82, 2.24) is 4.98 Å². The minimum Gasteiger partial charge on any atom is -0.507 e. The van der Waals surface area contributed by atoms with Gasteiger partial charge in [0.1, 0.15) is 17.3 Å². The molecule has 0 radical (unpaired) electrons. The second kappa shape index (κ2) is 10.3. The van der Waals surface area contributed by atoms with Gasteiger partial charge < -0.3 is 14.6 Å². The summed E-state index contributed by atoms with van der Waals surface area (Å²) in [7, 11) is 1.53. The first-order valence-corrected chi connectivity index (χ1v) is 12.2. The second-order valence-corrected chi connectivity index (χ2v) is 9.26. The first-order valence-electron chi connectivity index (χ1n) is 11.4. The Bertz CT molecular complexity index is 1340. The van der Waals surface area contributed by atoms with E-state index >= 15 is 0 Å². The SMILES string of the molecule is CCCOc1ccc(C2/C(=C(\O)c3ccc(OC)cc3)C(=O)C(=O)N2c2nc(C)c(C(C)=O)s2)cc1. The molecular weight excluding hydrogens is 480 g/mol. The van der Waals surface area contributed by atoms with Gasteiger partial charge in [0.2, 0.25) is 0 Å². The molecule has 4 rings (SSSR count). The highest BCUT2D eigenvalue weighted by molar-refractivity contribution is 7.18. The van der Waals surface area contributed by atoms with Gasteiger partial charge in [-0.2, -0.15) is 0 Å². The van der Waals surface area contributed by atoms with Crippen molar-refractivity contribution in [1.29, 1.82) is 0 Å². The van der Waals surface area contributed by atoms with Gasteiger partial charge in [-0.15, -0.1) is 0 Å². The predicted molar refractivity (Wildman–Crippen MR) is 137 cm³/mol. The highest BCUT2D eigenvalue weighted by Crippen LogP contribution is 2.44. The van der Waals surface area contributed by atoms with Crippen molar-refractivity contribution in [2.45, 2.75) is 33.2 Å². The van der Waals surface area contributed by atoms with Crippen molar-refractivity contribution in [2.75, 3.05) is 18.6 Å². The fraction of sp³-hybridized carbons (Fsp3) is 0.259. The summed E-state index contributed by atoms with van der Waals surface area (Å²) >= 11 is 1.04. The van der Waals surface area contributed by atoms with Crippen molar-refractivity contribution in [2.24, 2.45) is 0 Å². The third-order valence-electron chi connectivity index (χ3n) is 5.79. The average Bonchev–Trinajstić information content (AvgIpc) is 3.39. The maximum atomic E-state index is 13.3. The van der Waals surface area contributed by atoms with E-state index in [0.717, 1.165) is 17.8 Å². The van der Waals surface area contributed by atoms with Crippen LogP contribution in [-0.4, -0.2) is 41.3 Å². The number of aliphatic hydroxyl groups excluding tert-OH is 1. The number of Topliss-reactive ketones (excluding diaryl/α,β-unsaturated/α-hetero) is 2.